The van der Waals surface area contributed by atoms with Crippen molar-refractivity contribution >= 4 is 17.4 Å². The molecule has 146 valence electrons. The van der Waals surface area contributed by atoms with Gasteiger partial charge >= 0.3 is 0 Å². The maximum absolute atomic E-state index is 14.7. The van der Waals surface area contributed by atoms with E-state index in [0.29, 0.717) is 10.6 Å². The van der Waals surface area contributed by atoms with Crippen molar-refractivity contribution in [1.29, 1.82) is 0 Å². The molecule has 1 aliphatic heterocycles. The highest BCUT2D eigenvalue weighted by Gasteiger charge is 2.44. The number of amidine groups is 1. The first-order valence-electron chi connectivity index (χ1n) is 9.51. The van der Waals surface area contributed by atoms with Gasteiger partial charge in [-0.15, -0.1) is 0 Å². The molecule has 3 aromatic carbocycles. The predicted molar refractivity (Wildman–Crippen MR) is 118 cm³/mol. The van der Waals surface area contributed by atoms with E-state index in [1.54, 1.807) is 18.5 Å². The van der Waals surface area contributed by atoms with E-state index in [9.17, 15) is 4.39 Å². The summed E-state index contributed by atoms with van der Waals surface area (Å²) in [6, 6.07) is 24.5. The zero-order valence-corrected chi connectivity index (χ0v) is 16.6. The summed E-state index contributed by atoms with van der Waals surface area (Å²) < 4.78 is 14.7. The van der Waals surface area contributed by atoms with Crippen molar-refractivity contribution in [2.24, 2.45) is 10.7 Å². The minimum Gasteiger partial charge on any atom is -0.383 e. The molecule has 0 saturated heterocycles. The summed E-state index contributed by atoms with van der Waals surface area (Å²) in [6.07, 6.45) is 3.42. The molecule has 3 nitrogen and oxygen atoms in total. The van der Waals surface area contributed by atoms with Gasteiger partial charge in [0.1, 0.15) is 17.2 Å². The lowest BCUT2D eigenvalue weighted by molar-refractivity contribution is 0.615. The first-order valence-corrected chi connectivity index (χ1v) is 9.89. The molecule has 1 unspecified atom stereocenters. The van der Waals surface area contributed by atoms with E-state index >= 15 is 0 Å². The molecule has 2 N–H and O–H groups in total. The van der Waals surface area contributed by atoms with E-state index in [4.69, 9.17) is 22.3 Å². The smallest absolute Gasteiger partial charge is 0.139 e. The van der Waals surface area contributed by atoms with Crippen LogP contribution in [0.2, 0.25) is 5.02 Å². The van der Waals surface area contributed by atoms with Crippen LogP contribution >= 0.6 is 11.6 Å². The Balaban J connectivity index is 1.80. The number of hydrogen-bond donors (Lipinski definition) is 1. The number of nitrogens with two attached hydrogens (primary N) is 1. The molecule has 1 atom stereocenters. The molecule has 0 saturated carbocycles. The third-order valence-electron chi connectivity index (χ3n) is 5.48. The number of pyridine rings is 1. The predicted octanol–water partition coefficient (Wildman–Crippen LogP) is 5.55. The highest BCUT2D eigenvalue weighted by molar-refractivity contribution is 6.30. The van der Waals surface area contributed by atoms with Gasteiger partial charge in [-0.2, -0.15) is 0 Å². The van der Waals surface area contributed by atoms with Gasteiger partial charge in [-0.05, 0) is 58.7 Å². The second kappa shape index (κ2) is 7.08. The Morgan fingerprint density at radius 1 is 0.800 bits per heavy atom. The Hall–Kier alpha value is -3.50. The lowest BCUT2D eigenvalue weighted by Gasteiger charge is -2.29. The molecule has 0 bridgehead atoms. The normalized spacial score (nSPS) is 17.5. The number of rotatable bonds is 3. The molecule has 4 aromatic rings. The third-order valence-corrected chi connectivity index (χ3v) is 5.72. The molecule has 0 fully saturated rings. The largest absolute Gasteiger partial charge is 0.383 e. The average molecular weight is 414 g/mol. The van der Waals surface area contributed by atoms with Crippen LogP contribution in [-0.4, -0.2) is 10.8 Å². The lowest BCUT2D eigenvalue weighted by Crippen LogP contribution is -2.25. The van der Waals surface area contributed by atoms with E-state index in [2.05, 4.69) is 11.1 Å². The van der Waals surface area contributed by atoms with Crippen LogP contribution in [0.15, 0.2) is 96.2 Å². The molecule has 0 radical (unpaired) electrons. The average Bonchev–Trinajstić information content (AvgIpc) is 3.09. The van der Waals surface area contributed by atoms with E-state index < -0.39 is 5.54 Å². The van der Waals surface area contributed by atoms with Gasteiger partial charge in [0.25, 0.3) is 0 Å². The van der Waals surface area contributed by atoms with Crippen molar-refractivity contribution in [3.05, 3.63) is 124 Å². The van der Waals surface area contributed by atoms with Gasteiger partial charge in [0.05, 0.1) is 5.56 Å². The summed E-state index contributed by atoms with van der Waals surface area (Å²) in [4.78, 5) is 8.98. The van der Waals surface area contributed by atoms with Gasteiger partial charge in [-0.25, -0.2) is 9.38 Å². The summed E-state index contributed by atoms with van der Waals surface area (Å²) in [5, 5.41) is 0.664. The fourth-order valence-corrected chi connectivity index (χ4v) is 4.36. The first-order chi connectivity index (χ1) is 14.6. The fraction of sp³-hybridized carbons (Fsp3) is 0.0400. The Morgan fingerprint density at radius 3 is 2.27 bits per heavy atom. The minimum atomic E-state index is -0.959. The molecular formula is C25H17ClFN3. The monoisotopic (exact) mass is 413 g/mol. The number of halogens is 2. The van der Waals surface area contributed by atoms with Crippen LogP contribution in [0.5, 0.6) is 0 Å². The molecule has 0 amide bonds. The van der Waals surface area contributed by atoms with Crippen LogP contribution in [0, 0.1) is 5.82 Å². The van der Waals surface area contributed by atoms with E-state index in [0.717, 1.165) is 27.8 Å². The second-order valence-corrected chi connectivity index (χ2v) is 7.63. The van der Waals surface area contributed by atoms with Crippen molar-refractivity contribution in [2.45, 2.75) is 5.54 Å². The number of aromatic nitrogens is 1. The van der Waals surface area contributed by atoms with Crippen molar-refractivity contribution in [2.75, 3.05) is 0 Å². The van der Waals surface area contributed by atoms with Crippen LogP contribution in [0.3, 0.4) is 0 Å². The third kappa shape index (κ3) is 2.80. The van der Waals surface area contributed by atoms with Gasteiger partial charge in [0.15, 0.2) is 0 Å². The first kappa shape index (κ1) is 18.5. The molecule has 0 spiro atoms. The van der Waals surface area contributed by atoms with E-state index in [1.165, 1.54) is 6.07 Å². The molecule has 0 aliphatic carbocycles. The molecule has 1 aromatic heterocycles. The second-order valence-electron chi connectivity index (χ2n) is 7.20. The molecule has 1 aliphatic rings. The highest BCUT2D eigenvalue weighted by atomic mass is 35.5. The van der Waals surface area contributed by atoms with Gasteiger partial charge in [-0.1, -0.05) is 54.1 Å². The lowest BCUT2D eigenvalue weighted by atomic mass is 9.77. The van der Waals surface area contributed by atoms with Crippen LogP contribution in [0.25, 0.3) is 11.1 Å². The van der Waals surface area contributed by atoms with Gasteiger partial charge in [0.2, 0.25) is 0 Å². The van der Waals surface area contributed by atoms with Crippen molar-refractivity contribution in [1.82, 2.24) is 4.98 Å². The zero-order valence-electron chi connectivity index (χ0n) is 15.9. The summed E-state index contributed by atoms with van der Waals surface area (Å²) >= 11 is 6.20. The number of nitrogens with zero attached hydrogens (tertiary/aromatic N) is 2. The van der Waals surface area contributed by atoms with Crippen LogP contribution in [-0.2, 0) is 5.54 Å². The number of benzene rings is 3. The van der Waals surface area contributed by atoms with Gasteiger partial charge in [-0.3, -0.25) is 4.98 Å². The van der Waals surface area contributed by atoms with Crippen molar-refractivity contribution in [3.63, 3.8) is 0 Å². The Bertz CT molecular complexity index is 1290. The molecule has 30 heavy (non-hydrogen) atoms. The Labute approximate surface area is 178 Å². The zero-order chi connectivity index (χ0) is 20.7. The molecule has 5 rings (SSSR count). The maximum Gasteiger partial charge on any atom is 0.139 e. The van der Waals surface area contributed by atoms with Crippen molar-refractivity contribution in [3.8, 4) is 11.1 Å². The molecule has 5 heteroatoms. The van der Waals surface area contributed by atoms with Crippen LogP contribution in [0.4, 0.5) is 4.39 Å². The summed E-state index contributed by atoms with van der Waals surface area (Å²) in [5.41, 5.74) is 10.1. The van der Waals surface area contributed by atoms with Crippen molar-refractivity contribution < 1.29 is 4.39 Å². The summed E-state index contributed by atoms with van der Waals surface area (Å²) in [6.45, 7) is 0. The molecule has 2 heterocycles. The number of aliphatic imine (C=N–C) groups is 1. The topological polar surface area (TPSA) is 51.3 Å². The van der Waals surface area contributed by atoms with Crippen LogP contribution in [0.1, 0.15) is 22.3 Å². The number of hydrogen-bond acceptors (Lipinski definition) is 3. The Morgan fingerprint density at radius 2 is 1.50 bits per heavy atom. The molecular weight excluding hydrogens is 397 g/mol. The SMILES string of the molecule is NC1=NC(c2ccncc2)(c2cccc(-c3cccc(Cl)c3)c2)c2cccc(F)c21. The van der Waals surface area contributed by atoms with Gasteiger partial charge in [0, 0.05) is 23.0 Å². The van der Waals surface area contributed by atoms with E-state index in [1.807, 2.05) is 60.7 Å². The summed E-state index contributed by atoms with van der Waals surface area (Å²) in [7, 11) is 0. The standard InChI is InChI=1S/C25H17ClFN3/c26-20-7-2-5-17(15-20)16-4-1-6-19(14-16)25(18-10-12-29-13-11-18)21-8-3-9-22(27)23(21)24(28)30-25/h1-15H,(H2,28,30). The Kier molecular flexibility index (Phi) is 4.37. The summed E-state index contributed by atoms with van der Waals surface area (Å²) in [5.74, 6) is -0.191. The quantitative estimate of drug-likeness (QED) is 0.478. The van der Waals surface area contributed by atoms with Gasteiger partial charge < -0.3 is 5.73 Å². The fourth-order valence-electron chi connectivity index (χ4n) is 4.17. The van der Waals surface area contributed by atoms with Crippen LogP contribution < -0.4 is 5.73 Å². The maximum atomic E-state index is 14.7. The van der Waals surface area contributed by atoms with E-state index in [-0.39, 0.29) is 11.7 Å². The number of fused-ring (bicyclic) bond motifs is 1. The minimum absolute atomic E-state index is 0.188. The highest BCUT2D eigenvalue weighted by Crippen LogP contribution is 2.47.